The van der Waals surface area contributed by atoms with Crippen molar-refractivity contribution in [3.05, 3.63) is 65.7 Å². The Hall–Kier alpha value is -2.40. The predicted molar refractivity (Wildman–Crippen MR) is 103 cm³/mol. The van der Waals surface area contributed by atoms with Crippen LogP contribution >= 0.6 is 0 Å². The van der Waals surface area contributed by atoms with Gasteiger partial charge >= 0.3 is 0 Å². The molecule has 1 N–H and O–H groups in total. The van der Waals surface area contributed by atoms with Crippen molar-refractivity contribution in [3.63, 3.8) is 0 Å². The molecule has 4 rings (SSSR count). The van der Waals surface area contributed by atoms with Crippen LogP contribution in [0.2, 0.25) is 0 Å². The van der Waals surface area contributed by atoms with Crippen LogP contribution in [-0.4, -0.2) is 38.0 Å². The van der Waals surface area contributed by atoms with Gasteiger partial charge in [0.15, 0.2) is 0 Å². The average molecular weight is 349 g/mol. The van der Waals surface area contributed by atoms with Gasteiger partial charge in [-0.1, -0.05) is 32.0 Å². The van der Waals surface area contributed by atoms with Crippen LogP contribution in [0.3, 0.4) is 0 Å². The Morgan fingerprint density at radius 1 is 1.12 bits per heavy atom. The van der Waals surface area contributed by atoms with E-state index in [4.69, 9.17) is 0 Å². The maximum absolute atomic E-state index is 4.51. The average Bonchev–Trinajstić information content (AvgIpc) is 3.33. The van der Waals surface area contributed by atoms with Gasteiger partial charge in [0.05, 0.1) is 17.1 Å². The number of likely N-dealkylation sites (tertiary alicyclic amines) is 1. The molecule has 1 aliphatic rings. The fraction of sp³-hybridized carbons (Fsp3) is 0.429. The monoisotopic (exact) mass is 349 g/mol. The first kappa shape index (κ1) is 17.0. The second kappa shape index (κ2) is 7.46. The number of hydrogen-bond acceptors (Lipinski definition) is 3. The Morgan fingerprint density at radius 3 is 2.58 bits per heavy atom. The van der Waals surface area contributed by atoms with Gasteiger partial charge in [-0.15, -0.1) is 0 Å². The zero-order chi connectivity index (χ0) is 17.9. The first-order chi connectivity index (χ1) is 12.7. The first-order valence-electron chi connectivity index (χ1n) is 9.56. The molecule has 3 aromatic rings. The zero-order valence-corrected chi connectivity index (χ0v) is 15.6. The van der Waals surface area contributed by atoms with Crippen molar-refractivity contribution in [2.45, 2.75) is 45.1 Å². The summed E-state index contributed by atoms with van der Waals surface area (Å²) in [5, 5.41) is 12.2. The molecule has 0 saturated carbocycles. The smallest absolute Gasteiger partial charge is 0.0650 e. The van der Waals surface area contributed by atoms with Gasteiger partial charge in [0.1, 0.15) is 0 Å². The summed E-state index contributed by atoms with van der Waals surface area (Å²) < 4.78 is 2.05. The van der Waals surface area contributed by atoms with Crippen LogP contribution in [0.15, 0.2) is 48.7 Å². The minimum atomic E-state index is 0.485. The fourth-order valence-electron chi connectivity index (χ4n) is 3.74. The fourth-order valence-corrected chi connectivity index (χ4v) is 3.74. The predicted octanol–water partition coefficient (Wildman–Crippen LogP) is 4.10. The highest BCUT2D eigenvalue weighted by molar-refractivity contribution is 5.32. The molecule has 0 bridgehead atoms. The summed E-state index contributed by atoms with van der Waals surface area (Å²) in [6.45, 7) is 7.56. The summed E-state index contributed by atoms with van der Waals surface area (Å²) in [6.07, 6.45) is 4.26. The minimum Gasteiger partial charge on any atom is -0.297 e. The molecule has 1 fully saturated rings. The van der Waals surface area contributed by atoms with E-state index in [0.717, 1.165) is 25.3 Å². The van der Waals surface area contributed by atoms with E-state index in [-0.39, 0.29) is 0 Å². The molecule has 0 amide bonds. The van der Waals surface area contributed by atoms with E-state index in [1.54, 1.807) is 0 Å². The molecule has 1 saturated heterocycles. The van der Waals surface area contributed by atoms with Crippen molar-refractivity contribution in [2.24, 2.45) is 0 Å². The topological polar surface area (TPSA) is 49.7 Å². The molecule has 136 valence electrons. The standard InChI is InChI=1S/C21H27N5/c1-16(2)20-14-21(24-23-20)17-9-12-25(13-10-17)15-19-8-11-22-26(19)18-6-4-3-5-7-18/h3-8,11,14,16-17H,9-10,12-13,15H2,1-2H3,(H,23,24). The van der Waals surface area contributed by atoms with E-state index in [1.165, 1.54) is 29.9 Å². The second-order valence-corrected chi connectivity index (χ2v) is 7.52. The molecular weight excluding hydrogens is 322 g/mol. The highest BCUT2D eigenvalue weighted by atomic mass is 15.3. The van der Waals surface area contributed by atoms with Crippen LogP contribution < -0.4 is 0 Å². The van der Waals surface area contributed by atoms with Crippen molar-refractivity contribution in [3.8, 4) is 5.69 Å². The second-order valence-electron chi connectivity index (χ2n) is 7.52. The quantitative estimate of drug-likeness (QED) is 0.754. The van der Waals surface area contributed by atoms with Gasteiger partial charge in [-0.2, -0.15) is 10.2 Å². The van der Waals surface area contributed by atoms with Gasteiger partial charge in [0.2, 0.25) is 0 Å². The van der Waals surface area contributed by atoms with Crippen molar-refractivity contribution < 1.29 is 0 Å². The lowest BCUT2D eigenvalue weighted by Crippen LogP contribution is -2.33. The van der Waals surface area contributed by atoms with Crippen molar-refractivity contribution in [1.29, 1.82) is 0 Å². The van der Waals surface area contributed by atoms with Gasteiger partial charge in [0, 0.05) is 24.4 Å². The van der Waals surface area contributed by atoms with Crippen LogP contribution in [-0.2, 0) is 6.54 Å². The first-order valence-corrected chi connectivity index (χ1v) is 9.56. The Bertz CT molecular complexity index is 825. The molecule has 1 aromatic carbocycles. The number of rotatable bonds is 5. The molecule has 1 aliphatic heterocycles. The molecule has 0 unspecified atom stereocenters. The van der Waals surface area contributed by atoms with Crippen LogP contribution in [0.5, 0.6) is 0 Å². The normalized spacial score (nSPS) is 16.4. The molecule has 5 nitrogen and oxygen atoms in total. The van der Waals surface area contributed by atoms with Gasteiger partial charge in [0.25, 0.3) is 0 Å². The van der Waals surface area contributed by atoms with Gasteiger partial charge < -0.3 is 0 Å². The molecule has 5 heteroatoms. The van der Waals surface area contributed by atoms with Gasteiger partial charge in [-0.3, -0.25) is 10.00 Å². The third-order valence-electron chi connectivity index (χ3n) is 5.34. The van der Waals surface area contributed by atoms with Crippen molar-refractivity contribution >= 4 is 0 Å². The van der Waals surface area contributed by atoms with E-state index >= 15 is 0 Å². The van der Waals surface area contributed by atoms with E-state index in [0.29, 0.717) is 11.8 Å². The van der Waals surface area contributed by atoms with Crippen LogP contribution in [0, 0.1) is 0 Å². The molecule has 26 heavy (non-hydrogen) atoms. The number of benzene rings is 1. The van der Waals surface area contributed by atoms with E-state index in [9.17, 15) is 0 Å². The number of nitrogens with zero attached hydrogens (tertiary/aromatic N) is 4. The molecule has 0 radical (unpaired) electrons. The number of H-pyrrole nitrogens is 1. The number of piperidine rings is 1. The Balaban J connectivity index is 1.38. The number of para-hydroxylation sites is 1. The molecule has 0 aliphatic carbocycles. The summed E-state index contributed by atoms with van der Waals surface area (Å²) in [4.78, 5) is 2.53. The number of nitrogens with one attached hydrogen (secondary N) is 1. The number of aromatic amines is 1. The zero-order valence-electron chi connectivity index (χ0n) is 15.6. The molecule has 0 atom stereocenters. The highest BCUT2D eigenvalue weighted by Gasteiger charge is 2.23. The summed E-state index contributed by atoms with van der Waals surface area (Å²) in [5.74, 6) is 1.09. The SMILES string of the molecule is CC(C)c1cc(C2CCN(Cc3ccnn3-c3ccccc3)CC2)[nH]n1. The lowest BCUT2D eigenvalue weighted by Gasteiger charge is -2.31. The van der Waals surface area contributed by atoms with Crippen LogP contribution in [0.25, 0.3) is 5.69 Å². The van der Waals surface area contributed by atoms with Gasteiger partial charge in [-0.25, -0.2) is 4.68 Å². The summed E-state index contributed by atoms with van der Waals surface area (Å²) >= 11 is 0. The summed E-state index contributed by atoms with van der Waals surface area (Å²) in [6, 6.07) is 14.8. The lowest BCUT2D eigenvalue weighted by molar-refractivity contribution is 0.200. The van der Waals surface area contributed by atoms with E-state index in [1.807, 2.05) is 12.3 Å². The molecule has 0 spiro atoms. The highest BCUT2D eigenvalue weighted by Crippen LogP contribution is 2.29. The molecule has 3 heterocycles. The van der Waals surface area contributed by atoms with Crippen LogP contribution in [0.1, 0.15) is 55.6 Å². The maximum atomic E-state index is 4.51. The summed E-state index contributed by atoms with van der Waals surface area (Å²) in [7, 11) is 0. The van der Waals surface area contributed by atoms with Crippen LogP contribution in [0.4, 0.5) is 0 Å². The number of aromatic nitrogens is 4. The Labute approximate surface area is 155 Å². The largest absolute Gasteiger partial charge is 0.297 e. The number of hydrogen-bond donors (Lipinski definition) is 1. The maximum Gasteiger partial charge on any atom is 0.0650 e. The minimum absolute atomic E-state index is 0.485. The third kappa shape index (κ3) is 3.58. The van der Waals surface area contributed by atoms with E-state index in [2.05, 4.69) is 75.1 Å². The molecule has 2 aromatic heterocycles. The van der Waals surface area contributed by atoms with Gasteiger partial charge in [-0.05, 0) is 56.1 Å². The van der Waals surface area contributed by atoms with Crippen molar-refractivity contribution in [2.75, 3.05) is 13.1 Å². The Morgan fingerprint density at radius 2 is 1.88 bits per heavy atom. The van der Waals surface area contributed by atoms with E-state index < -0.39 is 0 Å². The lowest BCUT2D eigenvalue weighted by atomic mass is 9.93. The third-order valence-corrected chi connectivity index (χ3v) is 5.34. The summed E-state index contributed by atoms with van der Waals surface area (Å²) in [5.41, 5.74) is 4.86. The molecular formula is C21H27N5. The van der Waals surface area contributed by atoms with Crippen molar-refractivity contribution in [1.82, 2.24) is 24.9 Å². The Kier molecular flexibility index (Phi) is 4.89.